The molecule has 0 aromatic heterocycles. The van der Waals surface area contributed by atoms with Crippen molar-refractivity contribution in [2.45, 2.75) is 26.2 Å². The van der Waals surface area contributed by atoms with Gasteiger partial charge in [-0.25, -0.2) is 0 Å². The lowest BCUT2D eigenvalue weighted by Gasteiger charge is -2.16. The third-order valence-corrected chi connectivity index (χ3v) is 2.43. The van der Waals surface area contributed by atoms with E-state index < -0.39 is 0 Å². The van der Waals surface area contributed by atoms with Gasteiger partial charge in [0.05, 0.1) is 0 Å². The second-order valence-electron chi connectivity index (χ2n) is 4.96. The molecule has 0 saturated carbocycles. The maximum absolute atomic E-state index is 3.31. The van der Waals surface area contributed by atoms with E-state index in [1.807, 2.05) is 0 Å². The fraction of sp³-hybridized carbons (Fsp3) is 0.786. The van der Waals surface area contributed by atoms with Crippen LogP contribution >= 0.6 is 0 Å². The number of hydrogen-bond acceptors (Lipinski definition) is 2. The molecule has 16 heavy (non-hydrogen) atoms. The maximum Gasteiger partial charge on any atom is 0.0232 e. The van der Waals surface area contributed by atoms with Gasteiger partial charge in [0.1, 0.15) is 0 Å². The minimum atomic E-state index is 0.647. The number of likely N-dealkylation sites (N-methyl/N-ethyl adjacent to an activating group) is 1. The van der Waals surface area contributed by atoms with Crippen molar-refractivity contribution in [3.8, 4) is 0 Å². The van der Waals surface area contributed by atoms with Crippen molar-refractivity contribution in [3.05, 3.63) is 17.9 Å². The molecule has 0 rings (SSSR count). The first-order chi connectivity index (χ1) is 7.56. The highest BCUT2D eigenvalue weighted by molar-refractivity contribution is 4.91. The molecule has 0 aliphatic carbocycles. The molecule has 0 aromatic rings. The van der Waals surface area contributed by atoms with Crippen LogP contribution in [0.2, 0.25) is 0 Å². The molecule has 2 nitrogen and oxygen atoms in total. The lowest BCUT2D eigenvalue weighted by molar-refractivity contribution is 0.344. The van der Waals surface area contributed by atoms with E-state index >= 15 is 0 Å². The highest BCUT2D eigenvalue weighted by atomic mass is 15.1. The Morgan fingerprint density at radius 3 is 2.31 bits per heavy atom. The minimum Gasteiger partial charge on any atom is -0.309 e. The third-order valence-electron chi connectivity index (χ3n) is 2.43. The van der Waals surface area contributed by atoms with E-state index in [1.54, 1.807) is 0 Å². The molecule has 0 aliphatic rings. The summed E-state index contributed by atoms with van der Waals surface area (Å²) < 4.78 is 0. The summed E-state index contributed by atoms with van der Waals surface area (Å²) in [6.45, 7) is 4.35. The molecule has 2 heteroatoms. The highest BCUT2D eigenvalue weighted by Gasteiger charge is 2.04. The van der Waals surface area contributed by atoms with Gasteiger partial charge in [-0.15, -0.1) is 5.73 Å². The van der Waals surface area contributed by atoms with Gasteiger partial charge < -0.3 is 9.80 Å². The Kier molecular flexibility index (Phi) is 9.31. The molecule has 0 aromatic carbocycles. The smallest absolute Gasteiger partial charge is 0.0232 e. The van der Waals surface area contributed by atoms with Crippen LogP contribution in [0, 0.1) is 5.92 Å². The second kappa shape index (κ2) is 9.65. The second-order valence-corrected chi connectivity index (χ2v) is 4.96. The first kappa shape index (κ1) is 15.4. The van der Waals surface area contributed by atoms with E-state index in [-0.39, 0.29) is 0 Å². The lowest BCUT2D eigenvalue weighted by atomic mass is 10.0. The SMILES string of the molecule is CCCCC(C=C=CCN(C)C)CN(C)C. The standard InChI is InChI=1S/C14H28N2/c1-6-7-10-14(13-16(4)5)11-8-9-12-15(2)3/h9,11,14H,6-7,10,12-13H2,1-5H3. The van der Waals surface area contributed by atoms with Gasteiger partial charge in [-0.1, -0.05) is 19.8 Å². The lowest BCUT2D eigenvalue weighted by Crippen LogP contribution is -2.20. The van der Waals surface area contributed by atoms with Gasteiger partial charge in [0.2, 0.25) is 0 Å². The zero-order valence-electron chi connectivity index (χ0n) is 11.7. The Labute approximate surface area is 102 Å². The summed E-state index contributed by atoms with van der Waals surface area (Å²) in [5.74, 6) is 0.647. The van der Waals surface area contributed by atoms with Crippen LogP contribution in [0.15, 0.2) is 17.9 Å². The molecule has 0 amide bonds. The first-order valence-electron chi connectivity index (χ1n) is 6.26. The van der Waals surface area contributed by atoms with Crippen LogP contribution in [-0.2, 0) is 0 Å². The molecule has 0 fully saturated rings. The van der Waals surface area contributed by atoms with Gasteiger partial charge in [0, 0.05) is 13.1 Å². The molecule has 0 radical (unpaired) electrons. The zero-order valence-corrected chi connectivity index (χ0v) is 11.7. The molecular formula is C14H28N2. The predicted octanol–water partition coefficient (Wildman–Crippen LogP) is 2.63. The maximum atomic E-state index is 3.31. The quantitative estimate of drug-likeness (QED) is 0.585. The van der Waals surface area contributed by atoms with Crippen molar-refractivity contribution >= 4 is 0 Å². The van der Waals surface area contributed by atoms with Gasteiger partial charge in [0.15, 0.2) is 0 Å². The number of nitrogens with zero attached hydrogens (tertiary/aromatic N) is 2. The van der Waals surface area contributed by atoms with E-state index in [0.717, 1.165) is 13.1 Å². The molecule has 1 unspecified atom stereocenters. The van der Waals surface area contributed by atoms with Gasteiger partial charge >= 0.3 is 0 Å². The Bertz CT molecular complexity index is 213. The normalized spacial score (nSPS) is 12.7. The zero-order chi connectivity index (χ0) is 12.4. The highest BCUT2D eigenvalue weighted by Crippen LogP contribution is 2.10. The molecule has 0 spiro atoms. The van der Waals surface area contributed by atoms with Crippen molar-refractivity contribution < 1.29 is 0 Å². The van der Waals surface area contributed by atoms with Crippen LogP contribution in [0.5, 0.6) is 0 Å². The van der Waals surface area contributed by atoms with E-state index in [0.29, 0.717) is 5.92 Å². The van der Waals surface area contributed by atoms with Gasteiger partial charge in [-0.05, 0) is 52.7 Å². The molecule has 0 bridgehead atoms. The van der Waals surface area contributed by atoms with Crippen LogP contribution in [0.4, 0.5) is 0 Å². The molecule has 1 atom stereocenters. The Morgan fingerprint density at radius 2 is 1.81 bits per heavy atom. The van der Waals surface area contributed by atoms with E-state index in [1.165, 1.54) is 19.3 Å². The largest absolute Gasteiger partial charge is 0.309 e. The van der Waals surface area contributed by atoms with Crippen LogP contribution in [0.1, 0.15) is 26.2 Å². The summed E-state index contributed by atoms with van der Waals surface area (Å²) in [6.07, 6.45) is 8.20. The summed E-state index contributed by atoms with van der Waals surface area (Å²) in [7, 11) is 8.42. The Morgan fingerprint density at radius 1 is 1.12 bits per heavy atom. The average Bonchev–Trinajstić information content (AvgIpc) is 2.19. The summed E-state index contributed by atoms with van der Waals surface area (Å²) in [5, 5.41) is 0. The molecular weight excluding hydrogens is 196 g/mol. The van der Waals surface area contributed by atoms with Crippen molar-refractivity contribution in [3.63, 3.8) is 0 Å². The molecule has 94 valence electrons. The molecule has 0 heterocycles. The summed E-state index contributed by atoms with van der Waals surface area (Å²) in [4.78, 5) is 4.40. The first-order valence-corrected chi connectivity index (χ1v) is 6.26. The topological polar surface area (TPSA) is 6.48 Å². The fourth-order valence-corrected chi connectivity index (χ4v) is 1.60. The number of rotatable bonds is 8. The Balaban J connectivity index is 4.12. The summed E-state index contributed by atoms with van der Waals surface area (Å²) >= 11 is 0. The monoisotopic (exact) mass is 224 g/mol. The molecule has 0 aliphatic heterocycles. The van der Waals surface area contributed by atoms with Crippen LogP contribution in [-0.4, -0.2) is 51.1 Å². The predicted molar refractivity (Wildman–Crippen MR) is 72.8 cm³/mol. The van der Waals surface area contributed by atoms with E-state index in [2.05, 4.69) is 62.8 Å². The molecule has 0 N–H and O–H groups in total. The van der Waals surface area contributed by atoms with Gasteiger partial charge in [-0.3, -0.25) is 0 Å². The average molecular weight is 224 g/mol. The van der Waals surface area contributed by atoms with E-state index in [4.69, 9.17) is 0 Å². The Hall–Kier alpha value is -0.560. The third kappa shape index (κ3) is 9.97. The summed E-state index contributed by atoms with van der Waals surface area (Å²) in [5.41, 5.74) is 3.31. The van der Waals surface area contributed by atoms with Crippen molar-refractivity contribution in [2.24, 2.45) is 5.92 Å². The van der Waals surface area contributed by atoms with Crippen molar-refractivity contribution in [1.29, 1.82) is 0 Å². The number of hydrogen-bond donors (Lipinski definition) is 0. The fourth-order valence-electron chi connectivity index (χ4n) is 1.60. The van der Waals surface area contributed by atoms with Crippen molar-refractivity contribution in [2.75, 3.05) is 41.3 Å². The number of unbranched alkanes of at least 4 members (excludes halogenated alkanes) is 1. The summed E-state index contributed by atoms with van der Waals surface area (Å²) in [6, 6.07) is 0. The van der Waals surface area contributed by atoms with Crippen LogP contribution < -0.4 is 0 Å². The van der Waals surface area contributed by atoms with Gasteiger partial charge in [-0.2, -0.15) is 0 Å². The van der Waals surface area contributed by atoms with Crippen LogP contribution in [0.25, 0.3) is 0 Å². The van der Waals surface area contributed by atoms with E-state index in [9.17, 15) is 0 Å². The van der Waals surface area contributed by atoms with Crippen molar-refractivity contribution in [1.82, 2.24) is 9.80 Å². The van der Waals surface area contributed by atoms with Crippen LogP contribution in [0.3, 0.4) is 0 Å². The molecule has 0 saturated heterocycles. The minimum absolute atomic E-state index is 0.647. The van der Waals surface area contributed by atoms with Gasteiger partial charge in [0.25, 0.3) is 0 Å².